The van der Waals surface area contributed by atoms with Crippen molar-refractivity contribution in [2.45, 2.75) is 18.1 Å². The first-order valence-corrected chi connectivity index (χ1v) is 9.64. The van der Waals surface area contributed by atoms with Gasteiger partial charge in [0.1, 0.15) is 0 Å². The monoisotopic (exact) mass is 394 g/mol. The number of carbonyl (C=O) groups excluding carboxylic acids is 1. The molecule has 0 fully saturated rings. The second-order valence-electron chi connectivity index (χ2n) is 5.97. The molecule has 3 aromatic rings. The van der Waals surface area contributed by atoms with E-state index in [1.165, 1.54) is 4.57 Å². The number of carbonyl (C=O) groups is 1. The number of nitrogens with zero attached hydrogens (tertiary/aromatic N) is 3. The minimum Gasteiger partial charge on any atom is -0.396 e. The molecule has 0 aliphatic rings. The molecule has 7 nitrogen and oxygen atoms in total. The molecule has 142 valence electrons. The molecule has 0 saturated heterocycles. The molecule has 2 aromatic carbocycles. The standard InChI is InChI=1S/C20H18N4O3S/c21-12-14-5-3-6-15(11-14)22-18(26)13-28-20-23-17-8-2-1-7-16(17)19(27)24(20)9-4-10-25/h1-3,5-8,11,25H,4,9-10,13H2,(H,22,26). The Morgan fingerprint density at radius 2 is 2.07 bits per heavy atom. The average Bonchev–Trinajstić information content (AvgIpc) is 2.72. The molecule has 0 atom stereocenters. The molecule has 0 bridgehead atoms. The molecular weight excluding hydrogens is 376 g/mol. The van der Waals surface area contributed by atoms with Crippen molar-refractivity contribution in [3.8, 4) is 6.07 Å². The van der Waals surface area contributed by atoms with E-state index in [4.69, 9.17) is 10.4 Å². The van der Waals surface area contributed by atoms with Gasteiger partial charge in [0, 0.05) is 18.8 Å². The molecule has 1 amide bonds. The number of nitriles is 1. The fourth-order valence-electron chi connectivity index (χ4n) is 2.68. The number of nitrogens with one attached hydrogen (secondary N) is 1. The Morgan fingerprint density at radius 3 is 2.86 bits per heavy atom. The zero-order chi connectivity index (χ0) is 19.9. The van der Waals surface area contributed by atoms with Gasteiger partial charge in [-0.25, -0.2) is 4.98 Å². The van der Waals surface area contributed by atoms with Crippen molar-refractivity contribution in [2.75, 3.05) is 17.7 Å². The van der Waals surface area contributed by atoms with Gasteiger partial charge in [-0.1, -0.05) is 30.0 Å². The smallest absolute Gasteiger partial charge is 0.262 e. The van der Waals surface area contributed by atoms with Crippen LogP contribution in [-0.2, 0) is 11.3 Å². The second kappa shape index (κ2) is 9.17. The van der Waals surface area contributed by atoms with Gasteiger partial charge in [-0.15, -0.1) is 0 Å². The van der Waals surface area contributed by atoms with E-state index in [1.807, 2.05) is 6.07 Å². The van der Waals surface area contributed by atoms with E-state index in [0.29, 0.717) is 40.3 Å². The number of thioether (sulfide) groups is 1. The van der Waals surface area contributed by atoms with Gasteiger partial charge in [-0.05, 0) is 36.8 Å². The van der Waals surface area contributed by atoms with Crippen LogP contribution in [0.2, 0.25) is 0 Å². The normalized spacial score (nSPS) is 10.6. The SMILES string of the molecule is N#Cc1cccc(NC(=O)CSc2nc3ccccc3c(=O)n2CCCO)c1. The van der Waals surface area contributed by atoms with E-state index < -0.39 is 0 Å². The highest BCUT2D eigenvalue weighted by Gasteiger charge is 2.13. The fourth-order valence-corrected chi connectivity index (χ4v) is 3.50. The summed E-state index contributed by atoms with van der Waals surface area (Å²) < 4.78 is 1.49. The maximum Gasteiger partial charge on any atom is 0.262 e. The second-order valence-corrected chi connectivity index (χ2v) is 6.92. The third kappa shape index (κ3) is 4.57. The maximum absolute atomic E-state index is 12.8. The summed E-state index contributed by atoms with van der Waals surface area (Å²) in [5.41, 5.74) is 1.37. The van der Waals surface area contributed by atoms with Crippen molar-refractivity contribution in [1.82, 2.24) is 9.55 Å². The summed E-state index contributed by atoms with van der Waals surface area (Å²) in [4.78, 5) is 29.6. The molecule has 0 saturated carbocycles. The van der Waals surface area contributed by atoms with Gasteiger partial charge in [0.05, 0.1) is 28.3 Å². The number of rotatable bonds is 7. The molecule has 3 rings (SSSR count). The lowest BCUT2D eigenvalue weighted by molar-refractivity contribution is -0.113. The van der Waals surface area contributed by atoms with Gasteiger partial charge in [0.15, 0.2) is 5.16 Å². The molecule has 1 aromatic heterocycles. The Balaban J connectivity index is 1.79. The Labute approximate surface area is 165 Å². The van der Waals surface area contributed by atoms with Crippen molar-refractivity contribution in [3.63, 3.8) is 0 Å². The van der Waals surface area contributed by atoms with E-state index in [2.05, 4.69) is 10.3 Å². The summed E-state index contributed by atoms with van der Waals surface area (Å²) in [7, 11) is 0. The number of para-hydroxylation sites is 1. The maximum atomic E-state index is 12.8. The molecule has 0 aliphatic carbocycles. The number of aliphatic hydroxyl groups is 1. The van der Waals surface area contributed by atoms with Crippen LogP contribution in [0.1, 0.15) is 12.0 Å². The Kier molecular flexibility index (Phi) is 6.42. The highest BCUT2D eigenvalue weighted by Crippen LogP contribution is 2.19. The summed E-state index contributed by atoms with van der Waals surface area (Å²) in [6, 6.07) is 15.7. The van der Waals surface area contributed by atoms with Crippen LogP contribution in [0.5, 0.6) is 0 Å². The zero-order valence-corrected chi connectivity index (χ0v) is 15.8. The van der Waals surface area contributed by atoms with Crippen LogP contribution in [0.3, 0.4) is 0 Å². The number of benzene rings is 2. The molecular formula is C20H18N4O3S. The number of amides is 1. The van der Waals surface area contributed by atoms with Crippen molar-refractivity contribution < 1.29 is 9.90 Å². The molecule has 0 spiro atoms. The van der Waals surface area contributed by atoms with Gasteiger partial charge in [-0.3, -0.25) is 14.2 Å². The van der Waals surface area contributed by atoms with E-state index in [-0.39, 0.29) is 23.8 Å². The average molecular weight is 394 g/mol. The quantitative estimate of drug-likeness (QED) is 0.471. The van der Waals surface area contributed by atoms with Crippen molar-refractivity contribution >= 4 is 34.3 Å². The largest absolute Gasteiger partial charge is 0.396 e. The lowest BCUT2D eigenvalue weighted by Crippen LogP contribution is -2.24. The summed E-state index contributed by atoms with van der Waals surface area (Å²) >= 11 is 1.16. The molecule has 8 heteroatoms. The van der Waals surface area contributed by atoms with Crippen LogP contribution in [0.25, 0.3) is 10.9 Å². The predicted octanol–water partition coefficient (Wildman–Crippen LogP) is 2.38. The van der Waals surface area contributed by atoms with E-state index in [1.54, 1.807) is 48.5 Å². The number of hydrogen-bond donors (Lipinski definition) is 2. The number of aliphatic hydroxyl groups excluding tert-OH is 1. The van der Waals surface area contributed by atoms with E-state index in [9.17, 15) is 9.59 Å². The van der Waals surface area contributed by atoms with Crippen LogP contribution in [0.4, 0.5) is 5.69 Å². The van der Waals surface area contributed by atoms with Crippen LogP contribution in [-0.4, -0.2) is 32.9 Å². The van der Waals surface area contributed by atoms with Crippen LogP contribution >= 0.6 is 11.8 Å². The van der Waals surface area contributed by atoms with Gasteiger partial charge in [0.25, 0.3) is 5.56 Å². The highest BCUT2D eigenvalue weighted by molar-refractivity contribution is 7.99. The molecule has 0 unspecified atom stereocenters. The summed E-state index contributed by atoms with van der Waals surface area (Å²) in [6.45, 7) is 0.278. The van der Waals surface area contributed by atoms with Crippen molar-refractivity contribution in [3.05, 3.63) is 64.4 Å². The lowest BCUT2D eigenvalue weighted by atomic mass is 10.2. The Bertz CT molecular complexity index is 1100. The molecule has 0 aliphatic heterocycles. The van der Waals surface area contributed by atoms with E-state index >= 15 is 0 Å². The Hall–Kier alpha value is -3.15. The van der Waals surface area contributed by atoms with Gasteiger partial charge in [-0.2, -0.15) is 5.26 Å². The molecule has 28 heavy (non-hydrogen) atoms. The number of hydrogen-bond acceptors (Lipinski definition) is 6. The minimum absolute atomic E-state index is 0.0426. The topological polar surface area (TPSA) is 108 Å². The summed E-state index contributed by atoms with van der Waals surface area (Å²) in [5, 5.41) is 21.7. The lowest BCUT2D eigenvalue weighted by Gasteiger charge is -2.12. The summed E-state index contributed by atoms with van der Waals surface area (Å²) in [6.07, 6.45) is 0.417. The third-order valence-corrected chi connectivity index (χ3v) is 4.95. The first-order valence-electron chi connectivity index (χ1n) is 8.65. The minimum atomic E-state index is -0.267. The first-order chi connectivity index (χ1) is 13.6. The number of aromatic nitrogens is 2. The van der Waals surface area contributed by atoms with Crippen LogP contribution in [0, 0.1) is 11.3 Å². The van der Waals surface area contributed by atoms with Crippen molar-refractivity contribution in [2.24, 2.45) is 0 Å². The van der Waals surface area contributed by atoms with Crippen LogP contribution < -0.4 is 10.9 Å². The Morgan fingerprint density at radius 1 is 1.25 bits per heavy atom. The zero-order valence-electron chi connectivity index (χ0n) is 15.0. The van der Waals surface area contributed by atoms with Crippen LogP contribution in [0.15, 0.2) is 58.5 Å². The van der Waals surface area contributed by atoms with Crippen molar-refractivity contribution in [1.29, 1.82) is 5.26 Å². The first kappa shape index (κ1) is 19.6. The fraction of sp³-hybridized carbons (Fsp3) is 0.200. The molecule has 2 N–H and O–H groups in total. The van der Waals surface area contributed by atoms with Gasteiger partial charge in [0.2, 0.25) is 5.91 Å². The van der Waals surface area contributed by atoms with Gasteiger partial charge < -0.3 is 10.4 Å². The van der Waals surface area contributed by atoms with E-state index in [0.717, 1.165) is 11.8 Å². The third-order valence-electron chi connectivity index (χ3n) is 3.97. The van der Waals surface area contributed by atoms with Gasteiger partial charge >= 0.3 is 0 Å². The molecule has 1 heterocycles. The number of fused-ring (bicyclic) bond motifs is 1. The number of anilines is 1. The summed E-state index contributed by atoms with van der Waals surface area (Å²) in [5.74, 6) is -0.211. The molecule has 0 radical (unpaired) electrons. The highest BCUT2D eigenvalue weighted by atomic mass is 32.2. The predicted molar refractivity (Wildman–Crippen MR) is 108 cm³/mol.